The summed E-state index contributed by atoms with van der Waals surface area (Å²) in [6.07, 6.45) is 6.62. The van der Waals surface area contributed by atoms with Crippen molar-refractivity contribution in [3.63, 3.8) is 0 Å². The van der Waals surface area contributed by atoms with Crippen molar-refractivity contribution in [3.8, 4) is 0 Å². The Morgan fingerprint density at radius 1 is 1.00 bits per heavy atom. The Hall–Kier alpha value is -4.48. The van der Waals surface area contributed by atoms with E-state index in [9.17, 15) is 19.5 Å². The Kier molecular flexibility index (Phi) is 14.3. The number of carbonyl (C=O) groups is 4. The van der Waals surface area contributed by atoms with Crippen LogP contribution in [-0.2, 0) is 28.7 Å². The van der Waals surface area contributed by atoms with Crippen LogP contribution in [0.5, 0.6) is 0 Å². The predicted molar refractivity (Wildman–Crippen MR) is 214 cm³/mol. The van der Waals surface area contributed by atoms with Gasteiger partial charge in [0.25, 0.3) is 5.91 Å². The largest absolute Gasteiger partial charge is 0.455 e. The first kappa shape index (κ1) is 41.7. The van der Waals surface area contributed by atoms with Crippen LogP contribution >= 0.6 is 0 Å². The molecular formula is C44H60N4O7. The lowest BCUT2D eigenvalue weighted by Gasteiger charge is -2.37. The standard InChI is InChI=1S/C44H60N4O7/c1-7-11-21-36(50)45(6)31(5)39(32-19-15-14-16-20-32)54-43(53)37-35-26-27-44(55-35)38(37)41(51)48(29-17-12-13-18-30-49)40(44)42(52)47(28-8-2)34-24-22-33(23-25-34)46(9-3)10-4/h7-8,14-16,19-20,22-25,31,35,37-40,49H,1-2,9-13,17-18,21,26-30H2,3-6H3/t31-,35-,37+,38+,39+,40-,44+/m0/s1. The van der Waals surface area contributed by atoms with Gasteiger partial charge in [0.05, 0.1) is 24.0 Å². The van der Waals surface area contributed by atoms with Crippen LogP contribution in [0.2, 0.25) is 0 Å². The van der Waals surface area contributed by atoms with Crippen LogP contribution < -0.4 is 9.80 Å². The molecule has 3 heterocycles. The summed E-state index contributed by atoms with van der Waals surface area (Å²) in [6, 6.07) is 15.7. The minimum atomic E-state index is -1.21. The summed E-state index contributed by atoms with van der Waals surface area (Å²) >= 11 is 0. The molecule has 3 aliphatic rings. The van der Waals surface area contributed by atoms with Gasteiger partial charge < -0.3 is 34.2 Å². The molecular weight excluding hydrogens is 697 g/mol. The molecule has 0 aliphatic carbocycles. The van der Waals surface area contributed by atoms with Gasteiger partial charge in [0.2, 0.25) is 11.8 Å². The van der Waals surface area contributed by atoms with Crippen LogP contribution in [-0.4, -0.2) is 102 Å². The molecule has 3 aliphatic heterocycles. The second-order valence-corrected chi connectivity index (χ2v) is 15.0. The van der Waals surface area contributed by atoms with Crippen LogP contribution in [0.1, 0.15) is 83.8 Å². The monoisotopic (exact) mass is 756 g/mol. The Morgan fingerprint density at radius 2 is 1.67 bits per heavy atom. The van der Waals surface area contributed by atoms with Crippen molar-refractivity contribution in [2.45, 2.75) is 102 Å². The van der Waals surface area contributed by atoms with Gasteiger partial charge in [0, 0.05) is 57.6 Å². The first-order valence-electron chi connectivity index (χ1n) is 20.1. The Bertz CT molecular complexity index is 1650. The van der Waals surface area contributed by atoms with E-state index in [4.69, 9.17) is 9.47 Å². The molecule has 3 saturated heterocycles. The average molecular weight is 757 g/mol. The summed E-state index contributed by atoms with van der Waals surface area (Å²) in [4.78, 5) is 64.6. The first-order valence-corrected chi connectivity index (χ1v) is 20.1. The second kappa shape index (κ2) is 18.9. The number of likely N-dealkylation sites (N-methyl/N-ethyl adjacent to an activating group) is 1. The molecule has 11 heteroatoms. The van der Waals surface area contributed by atoms with E-state index >= 15 is 4.79 Å². The number of aliphatic hydroxyl groups excluding tert-OH is 1. The highest BCUT2D eigenvalue weighted by molar-refractivity contribution is 6.04. The predicted octanol–water partition coefficient (Wildman–Crippen LogP) is 6.08. The molecule has 2 aromatic rings. The van der Waals surface area contributed by atoms with Crippen molar-refractivity contribution in [3.05, 3.63) is 85.5 Å². The molecule has 3 fully saturated rings. The van der Waals surface area contributed by atoms with Crippen molar-refractivity contribution >= 4 is 35.1 Å². The highest BCUT2D eigenvalue weighted by Crippen LogP contribution is 2.59. The number of nitrogens with zero attached hydrogens (tertiary/aromatic N) is 4. The summed E-state index contributed by atoms with van der Waals surface area (Å²) in [5, 5.41) is 9.34. The molecule has 0 unspecified atom stereocenters. The number of carbonyl (C=O) groups excluding carboxylic acids is 4. The molecule has 55 heavy (non-hydrogen) atoms. The van der Waals surface area contributed by atoms with Crippen LogP contribution in [0.3, 0.4) is 0 Å². The highest BCUT2D eigenvalue weighted by Gasteiger charge is 2.75. The summed E-state index contributed by atoms with van der Waals surface area (Å²) in [5.74, 6) is -3.03. The van der Waals surface area contributed by atoms with E-state index in [0.29, 0.717) is 44.3 Å². The van der Waals surface area contributed by atoms with Crippen LogP contribution in [0.25, 0.3) is 0 Å². The van der Waals surface area contributed by atoms with Crippen molar-refractivity contribution < 1.29 is 33.8 Å². The summed E-state index contributed by atoms with van der Waals surface area (Å²) in [7, 11) is 1.71. The zero-order valence-corrected chi connectivity index (χ0v) is 33.1. The van der Waals surface area contributed by atoms with Gasteiger partial charge in [-0.3, -0.25) is 19.2 Å². The quantitative estimate of drug-likeness (QED) is 0.0926. The maximum absolute atomic E-state index is 15.0. The molecule has 7 atom stereocenters. The van der Waals surface area contributed by atoms with Gasteiger partial charge in [-0.25, -0.2) is 0 Å². The number of fused-ring (bicyclic) bond motifs is 1. The summed E-state index contributed by atoms with van der Waals surface area (Å²) < 4.78 is 13.2. The van der Waals surface area contributed by atoms with E-state index in [2.05, 4.69) is 31.9 Å². The molecule has 0 radical (unpaired) electrons. The van der Waals surface area contributed by atoms with Gasteiger partial charge in [0.1, 0.15) is 17.7 Å². The van der Waals surface area contributed by atoms with E-state index in [1.807, 2.05) is 61.5 Å². The molecule has 11 nitrogen and oxygen atoms in total. The second-order valence-electron chi connectivity index (χ2n) is 15.0. The molecule has 5 rings (SSSR count). The minimum absolute atomic E-state index is 0.0961. The number of benzene rings is 2. The number of aliphatic hydroxyl groups is 1. The lowest BCUT2D eigenvalue weighted by molar-refractivity contribution is -0.164. The van der Waals surface area contributed by atoms with Gasteiger partial charge in [-0.1, -0.05) is 55.3 Å². The molecule has 298 valence electrons. The lowest BCUT2D eigenvalue weighted by Crippen LogP contribution is -2.56. The van der Waals surface area contributed by atoms with E-state index in [1.165, 1.54) is 0 Å². The third-order valence-corrected chi connectivity index (χ3v) is 11.9. The number of hydrogen-bond acceptors (Lipinski definition) is 8. The number of likely N-dealkylation sites (tertiary alicyclic amines) is 1. The smallest absolute Gasteiger partial charge is 0.313 e. The van der Waals surface area contributed by atoms with Gasteiger partial charge in [-0.2, -0.15) is 0 Å². The third kappa shape index (κ3) is 8.53. The third-order valence-electron chi connectivity index (χ3n) is 11.9. The number of hydrogen-bond donors (Lipinski definition) is 1. The van der Waals surface area contributed by atoms with Crippen LogP contribution in [0.4, 0.5) is 11.4 Å². The van der Waals surface area contributed by atoms with Crippen molar-refractivity contribution in [1.82, 2.24) is 9.80 Å². The Labute approximate surface area is 326 Å². The SMILES string of the molecule is C=CCCC(=O)N(C)[C@@H](C)[C@@H](OC(=O)[C@@H]1[C@@H]2CC[C@]3(O2)[C@H](C(=O)N(CC=C)c2ccc(N(CC)CC)cc2)N(CCCCCCO)C(=O)[C@@H]13)c1ccccc1. The maximum Gasteiger partial charge on any atom is 0.313 e. The molecule has 3 amide bonds. The zero-order chi connectivity index (χ0) is 39.7. The lowest BCUT2D eigenvalue weighted by atomic mass is 9.70. The molecule has 1 N–H and O–H groups in total. The fraction of sp³-hybridized carbons (Fsp3) is 0.545. The summed E-state index contributed by atoms with van der Waals surface area (Å²) in [5.41, 5.74) is 1.26. The van der Waals surface area contributed by atoms with Crippen LogP contribution in [0.15, 0.2) is 79.9 Å². The van der Waals surface area contributed by atoms with Crippen LogP contribution in [0, 0.1) is 11.8 Å². The minimum Gasteiger partial charge on any atom is -0.455 e. The summed E-state index contributed by atoms with van der Waals surface area (Å²) in [6.45, 7) is 16.1. The van der Waals surface area contributed by atoms with Crippen molar-refractivity contribution in [1.29, 1.82) is 0 Å². The number of rotatable bonds is 21. The van der Waals surface area contributed by atoms with Crippen molar-refractivity contribution in [2.75, 3.05) is 49.6 Å². The molecule has 0 aromatic heterocycles. The van der Waals surface area contributed by atoms with Gasteiger partial charge in [0.15, 0.2) is 0 Å². The normalized spacial score (nSPS) is 23.5. The van der Waals surface area contributed by atoms with E-state index in [0.717, 1.165) is 37.2 Å². The Balaban J connectivity index is 1.48. The number of esters is 1. The average Bonchev–Trinajstić information content (AvgIpc) is 3.85. The van der Waals surface area contributed by atoms with Gasteiger partial charge >= 0.3 is 5.97 Å². The number of amides is 3. The van der Waals surface area contributed by atoms with E-state index in [1.54, 1.807) is 33.9 Å². The number of unbranched alkanes of at least 4 members (excludes halogenated alkanes) is 3. The molecule has 1 spiro atoms. The van der Waals surface area contributed by atoms with Gasteiger partial charge in [-0.05, 0) is 82.7 Å². The molecule has 2 bridgehead atoms. The Morgan fingerprint density at radius 3 is 2.31 bits per heavy atom. The molecule has 0 saturated carbocycles. The van der Waals surface area contributed by atoms with E-state index in [-0.39, 0.29) is 37.3 Å². The number of ether oxygens (including phenoxy) is 2. The topological polar surface area (TPSA) is 120 Å². The molecule has 2 aromatic carbocycles. The van der Waals surface area contributed by atoms with Gasteiger partial charge in [-0.15, -0.1) is 13.2 Å². The van der Waals surface area contributed by atoms with Crippen molar-refractivity contribution in [2.24, 2.45) is 11.8 Å². The fourth-order valence-electron chi connectivity index (χ4n) is 8.84. The van der Waals surface area contributed by atoms with E-state index < -0.39 is 47.7 Å². The highest BCUT2D eigenvalue weighted by atomic mass is 16.6. The maximum atomic E-state index is 15.0. The zero-order valence-electron chi connectivity index (χ0n) is 33.1. The number of anilines is 2. The fourth-order valence-corrected chi connectivity index (χ4v) is 8.84. The number of allylic oxidation sites excluding steroid dienone is 1. The first-order chi connectivity index (χ1) is 26.6.